The molecule has 0 aliphatic rings. The molecule has 1 aromatic heterocycles. The fourth-order valence-electron chi connectivity index (χ4n) is 3.18. The van der Waals surface area contributed by atoms with Gasteiger partial charge in [0.2, 0.25) is 0 Å². The molecular formula is C24H26N2O5. The van der Waals surface area contributed by atoms with Crippen molar-refractivity contribution in [3.8, 4) is 17.0 Å². The second-order valence-electron chi connectivity index (χ2n) is 8.23. The van der Waals surface area contributed by atoms with Gasteiger partial charge in [-0.25, -0.2) is 9.59 Å². The predicted molar refractivity (Wildman–Crippen MR) is 119 cm³/mol. The Hall–Kier alpha value is -3.61. The molecule has 0 aliphatic carbocycles. The summed E-state index contributed by atoms with van der Waals surface area (Å²) < 4.78 is 12.8. The van der Waals surface area contributed by atoms with Crippen molar-refractivity contribution in [1.29, 1.82) is 0 Å². The van der Waals surface area contributed by atoms with Gasteiger partial charge in [-0.05, 0) is 63.1 Å². The molecule has 0 aliphatic heterocycles. The standard InChI is InChI=1S/C24H26N2O5/c1-16-20(25(5)22(28)26(21(16)27)23(29)31-24(2,3)4)18-11-13-19(14-12-18)30-15-17-9-7-6-8-10-17/h6-14H,15H2,1-5H3. The summed E-state index contributed by atoms with van der Waals surface area (Å²) in [6.07, 6.45) is -0.989. The maximum atomic E-state index is 12.8. The fourth-order valence-corrected chi connectivity index (χ4v) is 3.18. The zero-order valence-corrected chi connectivity index (χ0v) is 18.3. The molecule has 31 heavy (non-hydrogen) atoms. The molecule has 0 N–H and O–H groups in total. The predicted octanol–water partition coefficient (Wildman–Crippen LogP) is 3.88. The van der Waals surface area contributed by atoms with E-state index in [1.807, 2.05) is 30.3 Å². The van der Waals surface area contributed by atoms with Crippen LogP contribution in [0.4, 0.5) is 4.79 Å². The third-order valence-corrected chi connectivity index (χ3v) is 4.64. The molecule has 7 nitrogen and oxygen atoms in total. The normalized spacial score (nSPS) is 11.3. The van der Waals surface area contributed by atoms with E-state index in [2.05, 4.69) is 0 Å². The van der Waals surface area contributed by atoms with Gasteiger partial charge >= 0.3 is 11.8 Å². The monoisotopic (exact) mass is 422 g/mol. The molecule has 1 heterocycles. The molecule has 0 atom stereocenters. The van der Waals surface area contributed by atoms with Crippen LogP contribution in [0.25, 0.3) is 11.3 Å². The van der Waals surface area contributed by atoms with E-state index in [9.17, 15) is 14.4 Å². The number of nitrogens with zero attached hydrogens (tertiary/aromatic N) is 2. The quantitative estimate of drug-likeness (QED) is 0.637. The second-order valence-corrected chi connectivity index (χ2v) is 8.23. The summed E-state index contributed by atoms with van der Waals surface area (Å²) in [5.41, 5.74) is 0.133. The van der Waals surface area contributed by atoms with Crippen LogP contribution in [0, 0.1) is 6.92 Å². The highest BCUT2D eigenvalue weighted by molar-refractivity contribution is 5.72. The van der Waals surface area contributed by atoms with Crippen LogP contribution in [0.15, 0.2) is 64.2 Å². The summed E-state index contributed by atoms with van der Waals surface area (Å²) in [6.45, 7) is 7.02. The van der Waals surface area contributed by atoms with E-state index in [4.69, 9.17) is 9.47 Å². The van der Waals surface area contributed by atoms with Crippen molar-refractivity contribution >= 4 is 6.09 Å². The first-order valence-corrected chi connectivity index (χ1v) is 9.91. The fraction of sp³-hybridized carbons (Fsp3) is 0.292. The van der Waals surface area contributed by atoms with Crippen LogP contribution in [-0.4, -0.2) is 20.8 Å². The van der Waals surface area contributed by atoms with E-state index in [-0.39, 0.29) is 5.56 Å². The Bertz CT molecular complexity index is 1160. The molecule has 0 fully saturated rings. The van der Waals surface area contributed by atoms with Crippen molar-refractivity contribution in [3.05, 3.63) is 86.6 Å². The van der Waals surface area contributed by atoms with Gasteiger partial charge < -0.3 is 9.47 Å². The van der Waals surface area contributed by atoms with Crippen molar-refractivity contribution in [2.24, 2.45) is 7.05 Å². The number of aromatic nitrogens is 2. The van der Waals surface area contributed by atoms with Crippen molar-refractivity contribution < 1.29 is 14.3 Å². The molecule has 0 saturated carbocycles. The number of benzene rings is 2. The molecule has 7 heteroatoms. The summed E-state index contributed by atoms with van der Waals surface area (Å²) in [5.74, 6) is 0.664. The molecule has 0 unspecified atom stereocenters. The van der Waals surface area contributed by atoms with Crippen LogP contribution in [0.3, 0.4) is 0 Å². The third-order valence-electron chi connectivity index (χ3n) is 4.64. The lowest BCUT2D eigenvalue weighted by Crippen LogP contribution is -2.46. The maximum absolute atomic E-state index is 12.8. The molecule has 0 amide bonds. The summed E-state index contributed by atoms with van der Waals surface area (Å²) in [6, 6.07) is 16.9. The van der Waals surface area contributed by atoms with Gasteiger partial charge in [0, 0.05) is 12.6 Å². The van der Waals surface area contributed by atoms with Gasteiger partial charge in [0.25, 0.3) is 5.56 Å². The molecule has 162 valence electrons. The van der Waals surface area contributed by atoms with Crippen molar-refractivity contribution in [3.63, 3.8) is 0 Å². The van der Waals surface area contributed by atoms with Gasteiger partial charge in [-0.2, -0.15) is 4.57 Å². The first-order chi connectivity index (χ1) is 14.6. The highest BCUT2D eigenvalue weighted by Crippen LogP contribution is 2.23. The summed E-state index contributed by atoms with van der Waals surface area (Å²) in [4.78, 5) is 38.0. The number of rotatable bonds is 4. The average Bonchev–Trinajstić information content (AvgIpc) is 2.71. The second kappa shape index (κ2) is 8.63. The van der Waals surface area contributed by atoms with Crippen molar-refractivity contribution in [2.45, 2.75) is 39.9 Å². The Labute approximate surface area is 180 Å². The molecule has 3 rings (SSSR count). The Morgan fingerprint density at radius 3 is 2.16 bits per heavy atom. The van der Waals surface area contributed by atoms with Gasteiger partial charge in [0.15, 0.2) is 0 Å². The highest BCUT2D eigenvalue weighted by atomic mass is 16.6. The van der Waals surface area contributed by atoms with Gasteiger partial charge in [-0.15, -0.1) is 0 Å². The molecule has 0 bridgehead atoms. The minimum Gasteiger partial charge on any atom is -0.489 e. The Kier molecular flexibility index (Phi) is 6.15. The number of hydrogen-bond acceptors (Lipinski definition) is 5. The van der Waals surface area contributed by atoms with Crippen LogP contribution in [0.5, 0.6) is 5.75 Å². The van der Waals surface area contributed by atoms with E-state index in [0.29, 0.717) is 28.2 Å². The van der Waals surface area contributed by atoms with Crippen LogP contribution in [0.1, 0.15) is 31.9 Å². The first-order valence-electron chi connectivity index (χ1n) is 9.91. The molecule has 0 radical (unpaired) electrons. The lowest BCUT2D eigenvalue weighted by atomic mass is 10.1. The van der Waals surface area contributed by atoms with E-state index in [0.717, 1.165) is 5.56 Å². The Morgan fingerprint density at radius 1 is 0.968 bits per heavy atom. The summed E-state index contributed by atoms with van der Waals surface area (Å²) in [7, 11) is 1.52. The van der Waals surface area contributed by atoms with E-state index >= 15 is 0 Å². The number of carbonyl (C=O) groups is 1. The Morgan fingerprint density at radius 2 is 1.58 bits per heavy atom. The molecule has 3 aromatic rings. The van der Waals surface area contributed by atoms with Crippen LogP contribution >= 0.6 is 0 Å². The SMILES string of the molecule is Cc1c(-c2ccc(OCc3ccccc3)cc2)n(C)c(=O)n(C(=O)OC(C)(C)C)c1=O. The minimum absolute atomic E-state index is 0.269. The van der Waals surface area contributed by atoms with E-state index in [1.54, 1.807) is 52.0 Å². The van der Waals surface area contributed by atoms with Gasteiger partial charge in [-0.1, -0.05) is 30.3 Å². The molecular weight excluding hydrogens is 396 g/mol. The smallest absolute Gasteiger partial charge is 0.425 e. The van der Waals surface area contributed by atoms with Crippen LogP contribution < -0.4 is 16.0 Å². The topological polar surface area (TPSA) is 79.5 Å². The summed E-state index contributed by atoms with van der Waals surface area (Å²) >= 11 is 0. The largest absolute Gasteiger partial charge is 0.489 e. The van der Waals surface area contributed by atoms with Gasteiger partial charge in [0.1, 0.15) is 18.0 Å². The number of ether oxygens (including phenoxy) is 2. The van der Waals surface area contributed by atoms with Gasteiger partial charge in [-0.3, -0.25) is 9.36 Å². The summed E-state index contributed by atoms with van der Waals surface area (Å²) in [5, 5.41) is 0. The first kappa shape index (κ1) is 22.1. The maximum Gasteiger partial charge on any atom is 0.425 e. The molecule has 2 aromatic carbocycles. The third kappa shape index (κ3) is 4.94. The van der Waals surface area contributed by atoms with Crippen LogP contribution in [-0.2, 0) is 18.4 Å². The van der Waals surface area contributed by atoms with Crippen molar-refractivity contribution in [1.82, 2.24) is 9.13 Å². The highest BCUT2D eigenvalue weighted by Gasteiger charge is 2.24. The lowest BCUT2D eigenvalue weighted by molar-refractivity contribution is 0.0520. The molecule has 0 spiro atoms. The minimum atomic E-state index is -0.989. The average molecular weight is 422 g/mol. The lowest BCUT2D eigenvalue weighted by Gasteiger charge is -2.20. The Balaban J connectivity index is 1.92. The van der Waals surface area contributed by atoms with E-state index in [1.165, 1.54) is 11.6 Å². The van der Waals surface area contributed by atoms with Crippen molar-refractivity contribution in [2.75, 3.05) is 0 Å². The van der Waals surface area contributed by atoms with Gasteiger partial charge in [0.05, 0.1) is 5.69 Å². The number of carbonyl (C=O) groups excluding carboxylic acids is 1. The number of hydrogen-bond donors (Lipinski definition) is 0. The zero-order chi connectivity index (χ0) is 22.8. The molecule has 0 saturated heterocycles. The van der Waals surface area contributed by atoms with Crippen LogP contribution in [0.2, 0.25) is 0 Å². The zero-order valence-electron chi connectivity index (χ0n) is 18.3. The van der Waals surface area contributed by atoms with E-state index < -0.39 is 22.9 Å².